The standard InChI is InChI=1S/C35H33N3O2S3/c1-5-36-27-18-17-25(24-15-11-8-12-16-24)21-26(27)35(3,4)29(36)20-19-28-31(39)37(6-2)33(42-28)30-32(40)38(34(41)43-30)22-23-13-9-7-10-14-23/h7-21H,5-6,22H2,1-4H3/b28-19-,29-20-,33-30-. The fourth-order valence-electron chi connectivity index (χ4n) is 5.90. The van der Waals surface area contributed by atoms with Gasteiger partial charge in [0, 0.05) is 29.9 Å². The highest BCUT2D eigenvalue weighted by Crippen LogP contribution is 2.48. The minimum absolute atomic E-state index is 0.0876. The van der Waals surface area contributed by atoms with Crippen LogP contribution in [0.3, 0.4) is 0 Å². The van der Waals surface area contributed by atoms with Crippen LogP contribution in [-0.4, -0.2) is 26.2 Å². The molecule has 0 atom stereocenters. The third-order valence-electron chi connectivity index (χ3n) is 8.16. The maximum atomic E-state index is 13.6. The van der Waals surface area contributed by atoms with Crippen LogP contribution in [0.4, 0.5) is 5.69 Å². The molecular weight excluding hydrogens is 591 g/mol. The zero-order chi connectivity index (χ0) is 30.3. The third-order valence-corrected chi connectivity index (χ3v) is 10.9. The average Bonchev–Trinajstić information content (AvgIpc) is 3.57. The second kappa shape index (κ2) is 11.8. The molecule has 8 heteroatoms. The summed E-state index contributed by atoms with van der Waals surface area (Å²) in [6.07, 6.45) is 4.01. The van der Waals surface area contributed by atoms with E-state index < -0.39 is 0 Å². The number of amides is 1. The van der Waals surface area contributed by atoms with E-state index in [4.69, 9.17) is 12.2 Å². The van der Waals surface area contributed by atoms with E-state index in [-0.39, 0.29) is 16.9 Å². The van der Waals surface area contributed by atoms with E-state index >= 15 is 0 Å². The highest BCUT2D eigenvalue weighted by atomic mass is 32.2. The molecule has 1 saturated heterocycles. The molecule has 2 aliphatic rings. The lowest BCUT2D eigenvalue weighted by molar-refractivity contribution is -0.121. The molecule has 0 N–H and O–H groups in total. The zero-order valence-electron chi connectivity index (χ0n) is 24.7. The summed E-state index contributed by atoms with van der Waals surface area (Å²) in [4.78, 5) is 31.6. The Balaban J connectivity index is 1.40. The van der Waals surface area contributed by atoms with E-state index in [1.165, 1.54) is 45.5 Å². The molecule has 3 heterocycles. The normalized spacial score (nSPS) is 18.7. The van der Waals surface area contributed by atoms with Gasteiger partial charge in [0.1, 0.15) is 13.9 Å². The van der Waals surface area contributed by atoms with Crippen LogP contribution in [0.1, 0.15) is 38.8 Å². The topological polar surface area (TPSA) is 45.5 Å². The van der Waals surface area contributed by atoms with Crippen molar-refractivity contribution in [2.45, 2.75) is 46.2 Å². The second-order valence-electron chi connectivity index (χ2n) is 11.1. The number of aromatic nitrogens is 1. The van der Waals surface area contributed by atoms with Crippen LogP contribution >= 0.6 is 35.3 Å². The summed E-state index contributed by atoms with van der Waals surface area (Å²) in [5.41, 5.74) is 6.65. The zero-order valence-corrected chi connectivity index (χ0v) is 27.1. The number of hydrogen-bond donors (Lipinski definition) is 0. The first-order chi connectivity index (χ1) is 20.7. The van der Waals surface area contributed by atoms with E-state index in [2.05, 4.69) is 74.2 Å². The first-order valence-electron chi connectivity index (χ1n) is 14.5. The van der Waals surface area contributed by atoms with Crippen LogP contribution in [0, 0.1) is 0 Å². The maximum absolute atomic E-state index is 13.6. The monoisotopic (exact) mass is 623 g/mol. The lowest BCUT2D eigenvalue weighted by atomic mass is 9.82. The van der Waals surface area contributed by atoms with Crippen LogP contribution in [0.25, 0.3) is 22.1 Å². The minimum Gasteiger partial charge on any atom is -0.344 e. The predicted molar refractivity (Wildman–Crippen MR) is 185 cm³/mol. The van der Waals surface area contributed by atoms with Gasteiger partial charge in [-0.2, -0.15) is 0 Å². The minimum atomic E-state index is -0.257. The van der Waals surface area contributed by atoms with Gasteiger partial charge in [0.2, 0.25) is 0 Å². The van der Waals surface area contributed by atoms with Gasteiger partial charge in [0.25, 0.3) is 11.5 Å². The van der Waals surface area contributed by atoms with Crippen molar-refractivity contribution in [3.05, 3.63) is 121 Å². The van der Waals surface area contributed by atoms with E-state index in [1.54, 1.807) is 9.47 Å². The summed E-state index contributed by atoms with van der Waals surface area (Å²) in [6, 6.07) is 26.9. The van der Waals surface area contributed by atoms with Gasteiger partial charge in [-0.1, -0.05) is 105 Å². The highest BCUT2D eigenvalue weighted by Gasteiger charge is 2.39. The fraction of sp³-hybridized carbons (Fsp3) is 0.229. The third kappa shape index (κ3) is 5.22. The van der Waals surface area contributed by atoms with Crippen LogP contribution in [0.5, 0.6) is 0 Å². The molecular formula is C35H33N3O2S3. The first kappa shape index (κ1) is 29.4. The lowest BCUT2D eigenvalue weighted by Gasteiger charge is -2.25. The molecule has 0 spiro atoms. The second-order valence-corrected chi connectivity index (χ2v) is 13.8. The van der Waals surface area contributed by atoms with Crippen LogP contribution in [0.2, 0.25) is 0 Å². The Morgan fingerprint density at radius 3 is 2.21 bits per heavy atom. The number of anilines is 1. The summed E-state index contributed by atoms with van der Waals surface area (Å²) in [7, 11) is 0. The van der Waals surface area contributed by atoms with Gasteiger partial charge >= 0.3 is 0 Å². The summed E-state index contributed by atoms with van der Waals surface area (Å²) in [5.74, 6) is -0.147. The molecule has 43 heavy (non-hydrogen) atoms. The number of hydrogen-bond acceptors (Lipinski definition) is 6. The summed E-state index contributed by atoms with van der Waals surface area (Å²) in [6.45, 7) is 10.3. The van der Waals surface area contributed by atoms with Crippen molar-refractivity contribution in [3.63, 3.8) is 0 Å². The number of rotatable bonds is 6. The SMILES string of the molecule is CCN1/C(=C\C=c2/s/c(=C3\SC(=S)N(Cc4ccccc4)C3=O)n(CC)c2=O)C(C)(C)c2cc(-c3ccccc3)ccc21. The number of fused-ring (bicyclic) bond motifs is 1. The Labute approximate surface area is 265 Å². The van der Waals surface area contributed by atoms with Gasteiger partial charge in [-0.25, -0.2) is 0 Å². The van der Waals surface area contributed by atoms with Gasteiger partial charge in [0.15, 0.2) is 0 Å². The highest BCUT2D eigenvalue weighted by molar-refractivity contribution is 8.30. The largest absolute Gasteiger partial charge is 0.344 e. The Morgan fingerprint density at radius 1 is 0.837 bits per heavy atom. The molecule has 6 rings (SSSR count). The van der Waals surface area contributed by atoms with Crippen molar-refractivity contribution in [3.8, 4) is 11.1 Å². The lowest BCUT2D eigenvalue weighted by Crippen LogP contribution is -2.33. The number of thiazole rings is 1. The van der Waals surface area contributed by atoms with Crippen molar-refractivity contribution in [2.24, 2.45) is 0 Å². The molecule has 2 aliphatic heterocycles. The molecule has 1 amide bonds. The van der Waals surface area contributed by atoms with E-state index in [9.17, 15) is 9.59 Å². The van der Waals surface area contributed by atoms with E-state index in [0.717, 1.165) is 17.8 Å². The Kier molecular flexibility index (Phi) is 8.02. The average molecular weight is 624 g/mol. The van der Waals surface area contributed by atoms with E-state index in [1.807, 2.05) is 49.4 Å². The maximum Gasteiger partial charge on any atom is 0.269 e. The molecule has 0 radical (unpaired) electrons. The molecule has 4 aromatic rings. The number of likely N-dealkylation sites (N-methyl/N-ethyl adjacent to an activating group) is 1. The number of thioether (sulfide) groups is 1. The summed E-state index contributed by atoms with van der Waals surface area (Å²) in [5, 5.41) is 0. The number of carbonyl (C=O) groups excluding carboxylic acids is 1. The first-order valence-corrected chi connectivity index (χ1v) is 16.5. The molecule has 218 valence electrons. The molecule has 0 saturated carbocycles. The van der Waals surface area contributed by atoms with Gasteiger partial charge in [-0.3, -0.25) is 19.1 Å². The van der Waals surface area contributed by atoms with Gasteiger partial charge in [-0.05, 0) is 60.4 Å². The number of thiocarbonyl (C=S) groups is 1. The smallest absolute Gasteiger partial charge is 0.269 e. The van der Waals surface area contributed by atoms with Crippen LogP contribution < -0.4 is 19.7 Å². The number of nitrogens with zero attached hydrogens (tertiary/aromatic N) is 3. The molecule has 0 unspecified atom stereocenters. The van der Waals surface area contributed by atoms with Gasteiger partial charge in [0.05, 0.1) is 11.1 Å². The number of allylic oxidation sites excluding steroid dienone is 2. The van der Waals surface area contributed by atoms with Crippen molar-refractivity contribution in [1.29, 1.82) is 0 Å². The molecule has 1 fully saturated rings. The Hall–Kier alpha value is -3.72. The molecule has 5 nitrogen and oxygen atoms in total. The van der Waals surface area contributed by atoms with Crippen LogP contribution in [-0.2, 0) is 23.3 Å². The van der Waals surface area contributed by atoms with Crippen LogP contribution in [0.15, 0.2) is 95.4 Å². The van der Waals surface area contributed by atoms with Gasteiger partial charge < -0.3 is 4.90 Å². The summed E-state index contributed by atoms with van der Waals surface area (Å²) < 4.78 is 3.48. The fourth-order valence-corrected chi connectivity index (χ4v) is 8.42. The molecule has 0 bridgehead atoms. The quantitative estimate of drug-likeness (QED) is 0.238. The van der Waals surface area contributed by atoms with Crippen molar-refractivity contribution in [1.82, 2.24) is 9.47 Å². The molecule has 3 aromatic carbocycles. The Bertz CT molecular complexity index is 1940. The Morgan fingerprint density at radius 2 is 1.53 bits per heavy atom. The number of benzene rings is 3. The van der Waals surface area contributed by atoms with Crippen molar-refractivity contribution < 1.29 is 4.79 Å². The molecule has 0 aliphatic carbocycles. The van der Waals surface area contributed by atoms with Crippen molar-refractivity contribution in [2.75, 3.05) is 11.4 Å². The summed E-state index contributed by atoms with van der Waals surface area (Å²) >= 11 is 8.25. The van der Waals surface area contributed by atoms with E-state index in [0.29, 0.717) is 31.5 Å². The predicted octanol–water partition coefficient (Wildman–Crippen LogP) is 6.25. The molecule has 1 aromatic heterocycles. The van der Waals surface area contributed by atoms with Gasteiger partial charge in [-0.15, -0.1) is 11.3 Å². The number of carbonyl (C=O) groups is 1. The van der Waals surface area contributed by atoms with Crippen molar-refractivity contribution >= 4 is 62.2 Å².